The number of anilines is 1. The summed E-state index contributed by atoms with van der Waals surface area (Å²) >= 11 is 0. The van der Waals surface area contributed by atoms with Crippen LogP contribution in [0.15, 0.2) is 48.5 Å². The van der Waals surface area contributed by atoms with Crippen molar-refractivity contribution < 1.29 is 24.2 Å². The largest absolute Gasteiger partial charge is 0.480 e. The van der Waals surface area contributed by atoms with Gasteiger partial charge in [0.15, 0.2) is 6.10 Å². The number of amides is 2. The van der Waals surface area contributed by atoms with Crippen LogP contribution in [-0.4, -0.2) is 39.9 Å². The third-order valence-electron chi connectivity index (χ3n) is 4.92. The predicted molar refractivity (Wildman–Crippen MR) is 96.2 cm³/mol. The number of aliphatic carboxylic acids is 1. The van der Waals surface area contributed by atoms with Crippen molar-refractivity contribution in [2.24, 2.45) is 0 Å². The summed E-state index contributed by atoms with van der Waals surface area (Å²) in [5.74, 6) is -1.39. The molecule has 0 radical (unpaired) electrons. The van der Waals surface area contributed by atoms with Gasteiger partial charge in [-0.25, -0.2) is 4.79 Å². The molecule has 0 bridgehead atoms. The van der Waals surface area contributed by atoms with Crippen LogP contribution in [0.4, 0.5) is 5.69 Å². The van der Waals surface area contributed by atoms with E-state index in [9.17, 15) is 19.5 Å². The molecule has 2 unspecified atom stereocenters. The van der Waals surface area contributed by atoms with Crippen LogP contribution < -0.4 is 10.1 Å². The molecule has 2 amide bonds. The number of fused-ring (bicyclic) bond motifs is 2. The van der Waals surface area contributed by atoms with Gasteiger partial charge in [0.25, 0.3) is 5.91 Å². The van der Waals surface area contributed by atoms with Gasteiger partial charge in [-0.05, 0) is 23.3 Å². The van der Waals surface area contributed by atoms with Gasteiger partial charge in [0, 0.05) is 13.0 Å². The minimum Gasteiger partial charge on any atom is -0.480 e. The van der Waals surface area contributed by atoms with Crippen molar-refractivity contribution in [1.82, 2.24) is 4.90 Å². The van der Waals surface area contributed by atoms with E-state index in [1.165, 1.54) is 4.90 Å². The maximum atomic E-state index is 12.9. The van der Waals surface area contributed by atoms with Crippen LogP contribution in [0, 0.1) is 0 Å². The van der Waals surface area contributed by atoms with Crippen molar-refractivity contribution in [3.05, 3.63) is 59.7 Å². The number of nitrogens with one attached hydrogen (secondary N) is 1. The van der Waals surface area contributed by atoms with E-state index in [0.717, 1.165) is 11.1 Å². The van der Waals surface area contributed by atoms with Gasteiger partial charge in [0.2, 0.25) is 5.91 Å². The fourth-order valence-corrected chi connectivity index (χ4v) is 3.51. The highest BCUT2D eigenvalue weighted by Gasteiger charge is 2.37. The maximum Gasteiger partial charge on any atom is 0.326 e. The highest BCUT2D eigenvalue weighted by Crippen LogP contribution is 2.30. The molecule has 0 aromatic heterocycles. The Hall–Kier alpha value is -3.35. The van der Waals surface area contributed by atoms with Gasteiger partial charge in [-0.1, -0.05) is 36.4 Å². The number of carboxylic acid groups (broad SMARTS) is 1. The highest BCUT2D eigenvalue weighted by molar-refractivity contribution is 6.00. The summed E-state index contributed by atoms with van der Waals surface area (Å²) < 4.78 is 5.66. The van der Waals surface area contributed by atoms with Crippen molar-refractivity contribution in [3.63, 3.8) is 0 Å². The summed E-state index contributed by atoms with van der Waals surface area (Å²) in [5, 5.41) is 12.3. The molecule has 2 atom stereocenters. The molecule has 138 valence electrons. The van der Waals surface area contributed by atoms with E-state index in [-0.39, 0.29) is 19.4 Å². The normalized spacial score (nSPS) is 20.7. The van der Waals surface area contributed by atoms with E-state index in [0.29, 0.717) is 11.4 Å². The minimum atomic E-state index is -1.06. The van der Waals surface area contributed by atoms with E-state index < -0.39 is 29.9 Å². The third kappa shape index (κ3) is 3.23. The number of carboxylic acids is 1. The van der Waals surface area contributed by atoms with Gasteiger partial charge in [-0.15, -0.1) is 0 Å². The van der Waals surface area contributed by atoms with Crippen molar-refractivity contribution in [2.45, 2.75) is 31.5 Å². The maximum absolute atomic E-state index is 12.9. The number of hydrogen-bond acceptors (Lipinski definition) is 4. The Morgan fingerprint density at radius 1 is 1.11 bits per heavy atom. The second kappa shape index (κ2) is 6.75. The van der Waals surface area contributed by atoms with Crippen LogP contribution in [-0.2, 0) is 27.3 Å². The van der Waals surface area contributed by atoms with Gasteiger partial charge in [0.1, 0.15) is 11.8 Å². The number of nitrogens with zero attached hydrogens (tertiary/aromatic N) is 1. The summed E-state index contributed by atoms with van der Waals surface area (Å²) in [4.78, 5) is 38.1. The number of benzene rings is 2. The zero-order chi connectivity index (χ0) is 19.0. The summed E-state index contributed by atoms with van der Waals surface area (Å²) in [6.45, 7) is 0.205. The fraction of sp³-hybridized carbons (Fsp3) is 0.250. The molecule has 0 spiro atoms. The molecule has 0 fully saturated rings. The smallest absolute Gasteiger partial charge is 0.326 e. The standard InChI is InChI=1S/C20H18N2O5/c23-18(10-17-19(24)21-14-7-3-4-8-16(14)27-17)22-11-13-6-2-1-5-12(13)9-15(22)20(25)26/h1-8,15,17H,9-11H2,(H,21,24)(H,25,26). The molecule has 7 nitrogen and oxygen atoms in total. The number of para-hydroxylation sites is 2. The molecule has 27 heavy (non-hydrogen) atoms. The topological polar surface area (TPSA) is 95.9 Å². The van der Waals surface area contributed by atoms with Crippen molar-refractivity contribution >= 4 is 23.5 Å². The quantitative estimate of drug-likeness (QED) is 0.864. The minimum absolute atomic E-state index is 0.205. The molecule has 0 saturated carbocycles. The van der Waals surface area contributed by atoms with Crippen LogP contribution in [0.1, 0.15) is 17.5 Å². The summed E-state index contributed by atoms with van der Waals surface area (Å²) in [7, 11) is 0. The lowest BCUT2D eigenvalue weighted by molar-refractivity contribution is -0.152. The zero-order valence-electron chi connectivity index (χ0n) is 14.4. The number of rotatable bonds is 3. The van der Waals surface area contributed by atoms with Crippen LogP contribution in [0.3, 0.4) is 0 Å². The SMILES string of the molecule is O=C1Nc2ccccc2OC1CC(=O)N1Cc2ccccc2CC1C(=O)O. The molecule has 2 aliphatic rings. The van der Waals surface area contributed by atoms with E-state index in [1.54, 1.807) is 24.3 Å². The van der Waals surface area contributed by atoms with Gasteiger partial charge < -0.3 is 20.1 Å². The number of carbonyl (C=O) groups excluding carboxylic acids is 2. The fourth-order valence-electron chi connectivity index (χ4n) is 3.51. The number of carbonyl (C=O) groups is 3. The van der Waals surface area contributed by atoms with Crippen LogP contribution >= 0.6 is 0 Å². The monoisotopic (exact) mass is 366 g/mol. The summed E-state index contributed by atoms with van der Waals surface area (Å²) in [6.07, 6.45) is -0.955. The summed E-state index contributed by atoms with van der Waals surface area (Å²) in [6, 6.07) is 13.5. The van der Waals surface area contributed by atoms with E-state index in [1.807, 2.05) is 24.3 Å². The van der Waals surface area contributed by atoms with E-state index in [2.05, 4.69) is 5.32 Å². The van der Waals surface area contributed by atoms with Crippen LogP contribution in [0.5, 0.6) is 5.75 Å². The van der Waals surface area contributed by atoms with Gasteiger partial charge in [0.05, 0.1) is 12.1 Å². The van der Waals surface area contributed by atoms with E-state index >= 15 is 0 Å². The second-order valence-corrected chi connectivity index (χ2v) is 6.64. The van der Waals surface area contributed by atoms with Crippen molar-refractivity contribution in [1.29, 1.82) is 0 Å². The number of hydrogen-bond donors (Lipinski definition) is 2. The molecular weight excluding hydrogens is 348 g/mol. The Balaban J connectivity index is 1.53. The summed E-state index contributed by atoms with van der Waals surface area (Å²) in [5.41, 5.74) is 2.40. The lowest BCUT2D eigenvalue weighted by atomic mass is 9.93. The molecule has 2 heterocycles. The highest BCUT2D eigenvalue weighted by atomic mass is 16.5. The first kappa shape index (κ1) is 17.1. The van der Waals surface area contributed by atoms with Crippen molar-refractivity contribution in [3.8, 4) is 5.75 Å². The molecule has 2 aromatic rings. The molecule has 2 N–H and O–H groups in total. The Morgan fingerprint density at radius 3 is 2.59 bits per heavy atom. The van der Waals surface area contributed by atoms with Gasteiger partial charge in [-0.3, -0.25) is 9.59 Å². The second-order valence-electron chi connectivity index (χ2n) is 6.64. The van der Waals surface area contributed by atoms with Gasteiger partial charge >= 0.3 is 5.97 Å². The molecule has 0 aliphatic carbocycles. The van der Waals surface area contributed by atoms with Gasteiger partial charge in [-0.2, -0.15) is 0 Å². The molecule has 4 rings (SSSR count). The first-order valence-electron chi connectivity index (χ1n) is 8.68. The van der Waals surface area contributed by atoms with E-state index in [4.69, 9.17) is 4.74 Å². The molecule has 2 aliphatic heterocycles. The molecular formula is C20H18N2O5. The van der Waals surface area contributed by atoms with Crippen molar-refractivity contribution in [2.75, 3.05) is 5.32 Å². The Bertz CT molecular complexity index is 926. The zero-order valence-corrected chi connectivity index (χ0v) is 14.4. The lowest BCUT2D eigenvalue weighted by Gasteiger charge is -2.35. The lowest BCUT2D eigenvalue weighted by Crippen LogP contribution is -2.50. The predicted octanol–water partition coefficient (Wildman–Crippen LogP) is 1.81. The molecule has 2 aromatic carbocycles. The first-order chi connectivity index (χ1) is 13.0. The van der Waals surface area contributed by atoms with Crippen LogP contribution in [0.25, 0.3) is 0 Å². The average Bonchev–Trinajstić information content (AvgIpc) is 2.67. The Morgan fingerprint density at radius 2 is 1.81 bits per heavy atom. The average molecular weight is 366 g/mol. The Labute approximate surface area is 155 Å². The Kier molecular flexibility index (Phi) is 4.27. The first-order valence-corrected chi connectivity index (χ1v) is 8.68. The number of ether oxygens (including phenoxy) is 1. The molecule has 0 saturated heterocycles. The molecule has 7 heteroatoms. The third-order valence-corrected chi connectivity index (χ3v) is 4.92. The van der Waals surface area contributed by atoms with Crippen LogP contribution in [0.2, 0.25) is 0 Å².